The first-order valence-corrected chi connectivity index (χ1v) is 6.57. The number of methoxy groups -OCH3 is 2. The van der Waals surface area contributed by atoms with Gasteiger partial charge in [-0.3, -0.25) is 4.57 Å². The van der Waals surface area contributed by atoms with Crippen LogP contribution in [0, 0.1) is 0 Å². The molecular formula is C15H16ClN5O2. The lowest BCUT2D eigenvalue weighted by Gasteiger charge is -2.12. The Morgan fingerprint density at radius 1 is 1.04 bits per heavy atom. The first-order valence-electron chi connectivity index (χ1n) is 6.57. The van der Waals surface area contributed by atoms with Crippen LogP contribution in [-0.4, -0.2) is 33.7 Å². The summed E-state index contributed by atoms with van der Waals surface area (Å²) in [6.07, 6.45) is 5.18. The lowest BCUT2D eigenvalue weighted by Crippen LogP contribution is -2.02. The molecule has 0 saturated heterocycles. The van der Waals surface area contributed by atoms with Gasteiger partial charge in [-0.2, -0.15) is 4.98 Å². The zero-order valence-corrected chi connectivity index (χ0v) is 13.4. The standard InChI is InChI=1S/C15H15N5O2.ClH/c1-21-13-4-3-11(15(19-13)22-2)20-8-7-18-14(20)10-5-6-17-12(16)9-10;/h3-9H,1-2H3,(H2,16,17);1H. The van der Waals surface area contributed by atoms with Gasteiger partial charge in [-0.05, 0) is 18.2 Å². The summed E-state index contributed by atoms with van der Waals surface area (Å²) >= 11 is 0. The van der Waals surface area contributed by atoms with Crippen LogP contribution in [0.3, 0.4) is 0 Å². The Morgan fingerprint density at radius 3 is 2.57 bits per heavy atom. The quantitative estimate of drug-likeness (QED) is 0.788. The van der Waals surface area contributed by atoms with Crippen LogP contribution in [0.2, 0.25) is 0 Å². The smallest absolute Gasteiger partial charge is 0.241 e. The number of aromatic nitrogens is 4. The number of rotatable bonds is 4. The normalized spacial score (nSPS) is 10.0. The molecule has 0 bridgehead atoms. The van der Waals surface area contributed by atoms with Crippen LogP contribution < -0.4 is 15.2 Å². The molecule has 0 fully saturated rings. The molecule has 0 unspecified atom stereocenters. The van der Waals surface area contributed by atoms with Gasteiger partial charge in [-0.25, -0.2) is 9.97 Å². The van der Waals surface area contributed by atoms with E-state index in [1.165, 1.54) is 0 Å². The van der Waals surface area contributed by atoms with Crippen molar-refractivity contribution in [1.82, 2.24) is 19.5 Å². The maximum atomic E-state index is 5.75. The summed E-state index contributed by atoms with van der Waals surface area (Å²) in [5.41, 5.74) is 7.36. The highest BCUT2D eigenvalue weighted by atomic mass is 35.5. The third kappa shape index (κ3) is 3.19. The van der Waals surface area contributed by atoms with E-state index in [4.69, 9.17) is 15.2 Å². The maximum absolute atomic E-state index is 5.75. The minimum Gasteiger partial charge on any atom is -0.481 e. The molecule has 0 aliphatic heterocycles. The van der Waals surface area contributed by atoms with Crippen LogP contribution in [-0.2, 0) is 0 Å². The van der Waals surface area contributed by atoms with Crippen LogP contribution in [0.25, 0.3) is 17.1 Å². The van der Waals surface area contributed by atoms with Crippen molar-refractivity contribution in [3.63, 3.8) is 0 Å². The Bertz CT molecular complexity index is 806. The molecule has 7 nitrogen and oxygen atoms in total. The SMILES string of the molecule is COc1ccc(-n2ccnc2-c2ccnc(N)c2)c(OC)n1.Cl. The molecule has 0 saturated carbocycles. The minimum atomic E-state index is 0. The largest absolute Gasteiger partial charge is 0.481 e. The topological polar surface area (TPSA) is 88.1 Å². The molecule has 8 heteroatoms. The van der Waals surface area contributed by atoms with Gasteiger partial charge in [0.05, 0.1) is 14.2 Å². The Hall–Kier alpha value is -2.80. The Morgan fingerprint density at radius 2 is 1.87 bits per heavy atom. The molecule has 3 heterocycles. The van der Waals surface area contributed by atoms with Crippen molar-refractivity contribution >= 4 is 18.2 Å². The van der Waals surface area contributed by atoms with Gasteiger partial charge < -0.3 is 15.2 Å². The zero-order valence-electron chi connectivity index (χ0n) is 12.6. The number of imidazole rings is 1. The van der Waals surface area contributed by atoms with Crippen molar-refractivity contribution in [3.8, 4) is 28.8 Å². The van der Waals surface area contributed by atoms with Crippen LogP contribution in [0.1, 0.15) is 0 Å². The molecule has 0 aliphatic carbocycles. The minimum absolute atomic E-state index is 0. The number of nitrogens with zero attached hydrogens (tertiary/aromatic N) is 4. The number of ether oxygens (including phenoxy) is 2. The number of hydrogen-bond acceptors (Lipinski definition) is 6. The molecule has 120 valence electrons. The first kappa shape index (κ1) is 16.6. The third-order valence-corrected chi connectivity index (χ3v) is 3.16. The summed E-state index contributed by atoms with van der Waals surface area (Å²) in [7, 11) is 3.12. The second-order valence-corrected chi connectivity index (χ2v) is 4.47. The molecule has 0 amide bonds. The van der Waals surface area contributed by atoms with Gasteiger partial charge in [0.15, 0.2) is 0 Å². The second-order valence-electron chi connectivity index (χ2n) is 4.47. The summed E-state index contributed by atoms with van der Waals surface area (Å²) < 4.78 is 12.3. The molecule has 0 radical (unpaired) electrons. The maximum Gasteiger partial charge on any atom is 0.241 e. The van der Waals surface area contributed by atoms with E-state index in [2.05, 4.69) is 15.0 Å². The zero-order chi connectivity index (χ0) is 15.5. The highest BCUT2D eigenvalue weighted by molar-refractivity contribution is 5.85. The van der Waals surface area contributed by atoms with Gasteiger partial charge in [0, 0.05) is 30.2 Å². The molecule has 0 spiro atoms. The highest BCUT2D eigenvalue weighted by Gasteiger charge is 2.14. The first-order chi connectivity index (χ1) is 10.7. The number of hydrogen-bond donors (Lipinski definition) is 1. The predicted molar refractivity (Wildman–Crippen MR) is 89.4 cm³/mol. The third-order valence-electron chi connectivity index (χ3n) is 3.16. The molecule has 0 aromatic carbocycles. The van der Waals surface area contributed by atoms with Gasteiger partial charge in [0.1, 0.15) is 17.3 Å². The Labute approximate surface area is 139 Å². The number of pyridine rings is 2. The lowest BCUT2D eigenvalue weighted by atomic mass is 10.2. The van der Waals surface area contributed by atoms with Crippen LogP contribution in [0.4, 0.5) is 5.82 Å². The van der Waals surface area contributed by atoms with Crippen LogP contribution >= 0.6 is 12.4 Å². The Kier molecular flexibility index (Phi) is 5.02. The Balaban J connectivity index is 0.00000192. The summed E-state index contributed by atoms with van der Waals surface area (Å²) in [4.78, 5) is 12.7. The highest BCUT2D eigenvalue weighted by Crippen LogP contribution is 2.28. The molecular weight excluding hydrogens is 318 g/mol. The lowest BCUT2D eigenvalue weighted by molar-refractivity contribution is 0.363. The summed E-state index contributed by atoms with van der Waals surface area (Å²) in [6, 6.07) is 7.24. The van der Waals surface area contributed by atoms with E-state index in [1.54, 1.807) is 38.7 Å². The fourth-order valence-corrected chi connectivity index (χ4v) is 2.16. The number of nitrogen functional groups attached to an aromatic ring is 1. The molecule has 2 N–H and O–H groups in total. The monoisotopic (exact) mass is 333 g/mol. The van der Waals surface area contributed by atoms with E-state index in [-0.39, 0.29) is 12.4 Å². The molecule has 0 atom stereocenters. The van der Waals surface area contributed by atoms with Crippen molar-refractivity contribution < 1.29 is 9.47 Å². The van der Waals surface area contributed by atoms with E-state index < -0.39 is 0 Å². The van der Waals surface area contributed by atoms with E-state index in [0.29, 0.717) is 17.6 Å². The van der Waals surface area contributed by atoms with E-state index in [9.17, 15) is 0 Å². The number of anilines is 1. The summed E-state index contributed by atoms with van der Waals surface area (Å²) in [6.45, 7) is 0. The average Bonchev–Trinajstić information content (AvgIpc) is 3.03. The van der Waals surface area contributed by atoms with Crippen molar-refractivity contribution in [2.45, 2.75) is 0 Å². The fourth-order valence-electron chi connectivity index (χ4n) is 2.16. The predicted octanol–water partition coefficient (Wildman–Crippen LogP) is 2.35. The van der Waals surface area contributed by atoms with Crippen molar-refractivity contribution in [1.29, 1.82) is 0 Å². The van der Waals surface area contributed by atoms with Crippen LogP contribution in [0.15, 0.2) is 42.9 Å². The molecule has 3 aromatic heterocycles. The van der Waals surface area contributed by atoms with E-state index in [1.807, 2.05) is 22.9 Å². The van der Waals surface area contributed by atoms with Gasteiger partial charge in [-0.1, -0.05) is 0 Å². The van der Waals surface area contributed by atoms with Gasteiger partial charge in [0.2, 0.25) is 11.8 Å². The second kappa shape index (κ2) is 6.97. The van der Waals surface area contributed by atoms with Gasteiger partial charge >= 0.3 is 0 Å². The van der Waals surface area contributed by atoms with Gasteiger partial charge in [-0.15, -0.1) is 12.4 Å². The van der Waals surface area contributed by atoms with Crippen LogP contribution in [0.5, 0.6) is 11.8 Å². The molecule has 3 aromatic rings. The van der Waals surface area contributed by atoms with Crippen molar-refractivity contribution in [2.24, 2.45) is 0 Å². The fraction of sp³-hybridized carbons (Fsp3) is 0.133. The molecule has 23 heavy (non-hydrogen) atoms. The summed E-state index contributed by atoms with van der Waals surface area (Å²) in [5.74, 6) is 2.09. The molecule has 3 rings (SSSR count). The van der Waals surface area contributed by atoms with E-state index >= 15 is 0 Å². The average molecular weight is 334 g/mol. The van der Waals surface area contributed by atoms with Gasteiger partial charge in [0.25, 0.3) is 0 Å². The number of halogens is 1. The van der Waals surface area contributed by atoms with E-state index in [0.717, 1.165) is 17.1 Å². The summed E-state index contributed by atoms with van der Waals surface area (Å²) in [5, 5.41) is 0. The number of nitrogens with two attached hydrogens (primary N) is 1. The van der Waals surface area contributed by atoms with Crippen molar-refractivity contribution in [3.05, 3.63) is 42.9 Å². The molecule has 0 aliphatic rings. The van der Waals surface area contributed by atoms with Crippen molar-refractivity contribution in [2.75, 3.05) is 20.0 Å².